The van der Waals surface area contributed by atoms with Crippen LogP contribution in [0.5, 0.6) is 0 Å². The Morgan fingerprint density at radius 2 is 1.92 bits per heavy atom. The van der Waals surface area contributed by atoms with Gasteiger partial charge in [0.25, 0.3) is 0 Å². The van der Waals surface area contributed by atoms with Crippen LogP contribution < -0.4 is 5.32 Å². The van der Waals surface area contributed by atoms with Crippen LogP contribution in [-0.4, -0.2) is 6.54 Å². The molecule has 0 unspecified atom stereocenters. The third-order valence-corrected chi connectivity index (χ3v) is 1.56. The van der Waals surface area contributed by atoms with Gasteiger partial charge in [0.2, 0.25) is 0 Å². The first kappa shape index (κ1) is 12.3. The first-order chi connectivity index (χ1) is 5.74. The molecule has 1 aromatic rings. The smallest absolute Gasteiger partial charge is 0.159 e. The topological polar surface area (TPSA) is 12.0 Å². The minimum Gasteiger partial charge on any atom is -0.313 e. The molecule has 13 heavy (non-hydrogen) atoms. The number of rotatable bonds is 3. The van der Waals surface area contributed by atoms with E-state index in [0.717, 1.165) is 18.2 Å². The van der Waals surface area contributed by atoms with Crippen LogP contribution in [0, 0.1) is 11.6 Å². The molecule has 74 valence electrons. The van der Waals surface area contributed by atoms with Crippen LogP contribution in [-0.2, 0) is 6.54 Å². The van der Waals surface area contributed by atoms with Crippen LogP contribution in [0.3, 0.4) is 0 Å². The molecule has 1 aromatic carbocycles. The van der Waals surface area contributed by atoms with Crippen molar-refractivity contribution in [2.24, 2.45) is 0 Å². The van der Waals surface area contributed by atoms with Gasteiger partial charge in [-0.25, -0.2) is 8.78 Å². The van der Waals surface area contributed by atoms with Gasteiger partial charge < -0.3 is 5.32 Å². The van der Waals surface area contributed by atoms with Gasteiger partial charge in [-0.1, -0.05) is 13.0 Å². The summed E-state index contributed by atoms with van der Waals surface area (Å²) in [5.74, 6) is -1.58. The molecule has 0 spiro atoms. The third-order valence-electron chi connectivity index (χ3n) is 1.56. The van der Waals surface area contributed by atoms with Gasteiger partial charge in [-0.05, 0) is 24.2 Å². The molecule has 0 amide bonds. The summed E-state index contributed by atoms with van der Waals surface area (Å²) >= 11 is 0. The van der Waals surface area contributed by atoms with Gasteiger partial charge >= 0.3 is 0 Å². The molecule has 0 aliphatic carbocycles. The fraction of sp³-hybridized carbons (Fsp3) is 0.333. The predicted molar refractivity (Wildman–Crippen MR) is 51.0 cm³/mol. The molecule has 4 heteroatoms. The van der Waals surface area contributed by atoms with Crippen molar-refractivity contribution < 1.29 is 8.78 Å². The summed E-state index contributed by atoms with van der Waals surface area (Å²) < 4.78 is 25.0. The minimum atomic E-state index is -0.796. The highest BCUT2D eigenvalue weighted by molar-refractivity contribution is 5.85. The molecule has 0 radical (unpaired) electrons. The molecule has 0 heterocycles. The molecule has 1 rings (SSSR count). The summed E-state index contributed by atoms with van der Waals surface area (Å²) in [6.45, 7) is 3.35. The van der Waals surface area contributed by atoms with Gasteiger partial charge in [-0.2, -0.15) is 0 Å². The molecule has 1 N–H and O–H groups in total. The second kappa shape index (κ2) is 5.89. The average molecular weight is 208 g/mol. The van der Waals surface area contributed by atoms with Crippen molar-refractivity contribution in [2.45, 2.75) is 13.5 Å². The molecule has 0 atom stereocenters. The molecule has 0 saturated heterocycles. The lowest BCUT2D eigenvalue weighted by molar-refractivity contribution is 0.506. The quantitative estimate of drug-likeness (QED) is 0.803. The molecule has 0 bridgehead atoms. The van der Waals surface area contributed by atoms with Crippen molar-refractivity contribution >= 4 is 12.4 Å². The Morgan fingerprint density at radius 1 is 1.23 bits per heavy atom. The summed E-state index contributed by atoms with van der Waals surface area (Å²) in [6.07, 6.45) is 0. The van der Waals surface area contributed by atoms with Crippen molar-refractivity contribution in [3.05, 3.63) is 35.4 Å². The number of halogens is 3. The third kappa shape index (κ3) is 3.70. The number of hydrogen-bond donors (Lipinski definition) is 1. The second-order valence-electron chi connectivity index (χ2n) is 2.53. The Bertz CT molecular complexity index is 266. The fourth-order valence-corrected chi connectivity index (χ4v) is 0.919. The zero-order chi connectivity index (χ0) is 8.97. The SMILES string of the molecule is CCNCc1ccc(F)c(F)c1.Cl. The highest BCUT2D eigenvalue weighted by atomic mass is 35.5. The normalized spacial score (nSPS) is 9.46. The van der Waals surface area contributed by atoms with Crippen molar-refractivity contribution in [3.8, 4) is 0 Å². The monoisotopic (exact) mass is 207 g/mol. The van der Waals surface area contributed by atoms with Gasteiger partial charge in [0, 0.05) is 6.54 Å². The summed E-state index contributed by atoms with van der Waals surface area (Å²) in [4.78, 5) is 0. The average Bonchev–Trinajstić information content (AvgIpc) is 2.07. The van der Waals surface area contributed by atoms with E-state index in [4.69, 9.17) is 0 Å². The van der Waals surface area contributed by atoms with Crippen LogP contribution in [0.1, 0.15) is 12.5 Å². The first-order valence-corrected chi connectivity index (χ1v) is 3.88. The maximum absolute atomic E-state index is 12.6. The van der Waals surface area contributed by atoms with Crippen molar-refractivity contribution in [1.82, 2.24) is 5.32 Å². The van der Waals surface area contributed by atoms with E-state index < -0.39 is 11.6 Å². The minimum absolute atomic E-state index is 0. The van der Waals surface area contributed by atoms with Gasteiger partial charge in [-0.3, -0.25) is 0 Å². The highest BCUT2D eigenvalue weighted by Gasteiger charge is 2.00. The predicted octanol–water partition coefficient (Wildman–Crippen LogP) is 2.50. The zero-order valence-electron chi connectivity index (χ0n) is 7.31. The molecular weight excluding hydrogens is 196 g/mol. The van der Waals surface area contributed by atoms with E-state index in [2.05, 4.69) is 5.32 Å². The summed E-state index contributed by atoms with van der Waals surface area (Å²) in [6, 6.07) is 3.92. The van der Waals surface area contributed by atoms with Crippen LogP contribution in [0.15, 0.2) is 18.2 Å². The number of hydrogen-bond acceptors (Lipinski definition) is 1. The van der Waals surface area contributed by atoms with Gasteiger partial charge in [0.1, 0.15) is 0 Å². The molecular formula is C9H12ClF2N. The van der Waals surface area contributed by atoms with E-state index in [0.29, 0.717) is 6.54 Å². The maximum Gasteiger partial charge on any atom is 0.159 e. The molecule has 0 aliphatic rings. The molecule has 0 aliphatic heterocycles. The summed E-state index contributed by atoms with van der Waals surface area (Å²) in [5.41, 5.74) is 0.760. The van der Waals surface area contributed by atoms with E-state index in [1.54, 1.807) is 6.07 Å². The van der Waals surface area contributed by atoms with Gasteiger partial charge in [0.05, 0.1) is 0 Å². The number of benzene rings is 1. The van der Waals surface area contributed by atoms with Crippen LogP contribution in [0.4, 0.5) is 8.78 Å². The standard InChI is InChI=1S/C9H11F2N.ClH/c1-2-12-6-7-3-4-8(10)9(11)5-7;/h3-5,12H,2,6H2,1H3;1H. The Balaban J connectivity index is 0.00000144. The van der Waals surface area contributed by atoms with E-state index in [9.17, 15) is 8.78 Å². The zero-order valence-corrected chi connectivity index (χ0v) is 8.13. The van der Waals surface area contributed by atoms with Crippen molar-refractivity contribution in [3.63, 3.8) is 0 Å². The number of nitrogens with one attached hydrogen (secondary N) is 1. The van der Waals surface area contributed by atoms with E-state index in [1.165, 1.54) is 6.07 Å². The molecule has 0 fully saturated rings. The summed E-state index contributed by atoms with van der Waals surface area (Å²) in [5, 5.41) is 3.02. The van der Waals surface area contributed by atoms with Crippen LogP contribution in [0.2, 0.25) is 0 Å². The van der Waals surface area contributed by atoms with Crippen molar-refractivity contribution in [1.29, 1.82) is 0 Å². The van der Waals surface area contributed by atoms with Crippen LogP contribution in [0.25, 0.3) is 0 Å². The van der Waals surface area contributed by atoms with Gasteiger partial charge in [-0.15, -0.1) is 12.4 Å². The van der Waals surface area contributed by atoms with Crippen LogP contribution >= 0.6 is 12.4 Å². The van der Waals surface area contributed by atoms with E-state index in [-0.39, 0.29) is 12.4 Å². The molecule has 0 saturated carbocycles. The first-order valence-electron chi connectivity index (χ1n) is 3.88. The largest absolute Gasteiger partial charge is 0.313 e. The van der Waals surface area contributed by atoms with E-state index in [1.807, 2.05) is 6.92 Å². The Hall–Kier alpha value is -0.670. The highest BCUT2D eigenvalue weighted by Crippen LogP contribution is 2.07. The molecule has 1 nitrogen and oxygen atoms in total. The Morgan fingerprint density at radius 3 is 2.46 bits per heavy atom. The van der Waals surface area contributed by atoms with E-state index >= 15 is 0 Å². The Kier molecular flexibility index (Phi) is 5.58. The Labute approximate surface area is 82.6 Å². The fourth-order valence-electron chi connectivity index (χ4n) is 0.919. The summed E-state index contributed by atoms with van der Waals surface area (Å²) in [7, 11) is 0. The maximum atomic E-state index is 12.6. The lowest BCUT2D eigenvalue weighted by atomic mass is 10.2. The molecule has 0 aromatic heterocycles. The lowest BCUT2D eigenvalue weighted by Gasteiger charge is -2.01. The second-order valence-corrected chi connectivity index (χ2v) is 2.53. The van der Waals surface area contributed by atoms with Gasteiger partial charge in [0.15, 0.2) is 11.6 Å². The lowest BCUT2D eigenvalue weighted by Crippen LogP contribution is -2.11. The van der Waals surface area contributed by atoms with Crippen molar-refractivity contribution in [2.75, 3.05) is 6.54 Å².